The van der Waals surface area contributed by atoms with E-state index in [9.17, 15) is 14.9 Å². The van der Waals surface area contributed by atoms with E-state index in [4.69, 9.17) is 0 Å². The second kappa shape index (κ2) is 5.83. The number of benzene rings is 1. The third-order valence-corrected chi connectivity index (χ3v) is 3.72. The van der Waals surface area contributed by atoms with Crippen molar-refractivity contribution in [3.63, 3.8) is 0 Å². The van der Waals surface area contributed by atoms with E-state index in [0.29, 0.717) is 17.8 Å². The van der Waals surface area contributed by atoms with Crippen molar-refractivity contribution in [1.82, 2.24) is 0 Å². The molecule has 0 N–H and O–H groups in total. The molecule has 0 aliphatic carbocycles. The molecule has 0 aliphatic heterocycles. The van der Waals surface area contributed by atoms with Gasteiger partial charge in [0.05, 0.1) is 4.92 Å². The molecule has 1 heterocycles. The molecule has 0 saturated carbocycles. The van der Waals surface area contributed by atoms with Gasteiger partial charge < -0.3 is 4.90 Å². The predicted octanol–water partition coefficient (Wildman–Crippen LogP) is 3.50. The summed E-state index contributed by atoms with van der Waals surface area (Å²) in [5.74, 6) is -0.180. The Balaban J connectivity index is 2.35. The Kier molecular flexibility index (Phi) is 4.14. The van der Waals surface area contributed by atoms with Crippen LogP contribution in [0.1, 0.15) is 22.8 Å². The molecule has 1 aromatic carbocycles. The normalized spacial score (nSPS) is 10.3. The molecule has 0 atom stereocenters. The van der Waals surface area contributed by atoms with Crippen LogP contribution < -0.4 is 4.90 Å². The molecule has 0 fully saturated rings. The van der Waals surface area contributed by atoms with E-state index in [1.807, 2.05) is 21.7 Å². The lowest BCUT2D eigenvalue weighted by Gasteiger charge is -2.18. The van der Waals surface area contributed by atoms with E-state index in [2.05, 4.69) is 0 Å². The van der Waals surface area contributed by atoms with Crippen molar-refractivity contribution < 1.29 is 9.72 Å². The van der Waals surface area contributed by atoms with Crippen molar-refractivity contribution in [3.8, 4) is 0 Å². The first-order chi connectivity index (χ1) is 9.49. The van der Waals surface area contributed by atoms with Gasteiger partial charge in [-0.3, -0.25) is 14.9 Å². The molecule has 0 amide bonds. The van der Waals surface area contributed by atoms with Crippen molar-refractivity contribution in [2.75, 3.05) is 11.9 Å². The first-order valence-corrected chi connectivity index (χ1v) is 6.95. The molecule has 1 aromatic heterocycles. The van der Waals surface area contributed by atoms with Crippen LogP contribution in [0.2, 0.25) is 0 Å². The zero-order valence-electron chi connectivity index (χ0n) is 11.2. The van der Waals surface area contributed by atoms with Gasteiger partial charge in [0.15, 0.2) is 5.78 Å². The van der Waals surface area contributed by atoms with Crippen LogP contribution in [-0.4, -0.2) is 17.8 Å². The summed E-state index contributed by atoms with van der Waals surface area (Å²) in [7, 11) is 1.80. The number of rotatable bonds is 5. The van der Waals surface area contributed by atoms with Gasteiger partial charge in [-0.05, 0) is 41.4 Å². The minimum atomic E-state index is -0.452. The van der Waals surface area contributed by atoms with E-state index in [1.165, 1.54) is 13.0 Å². The topological polar surface area (TPSA) is 63.5 Å². The lowest BCUT2D eigenvalue weighted by molar-refractivity contribution is -0.384. The fourth-order valence-corrected chi connectivity index (χ4v) is 2.61. The molecule has 2 aromatic rings. The van der Waals surface area contributed by atoms with Crippen LogP contribution in [0.5, 0.6) is 0 Å². The first-order valence-electron chi connectivity index (χ1n) is 6.00. The molecule has 6 heteroatoms. The maximum Gasteiger partial charge on any atom is 0.293 e. The van der Waals surface area contributed by atoms with E-state index >= 15 is 0 Å². The number of anilines is 1. The third kappa shape index (κ3) is 3.03. The summed E-state index contributed by atoms with van der Waals surface area (Å²) in [6.45, 7) is 1.98. The van der Waals surface area contributed by atoms with E-state index in [1.54, 1.807) is 30.5 Å². The number of carbonyl (C=O) groups is 1. The molecule has 0 aliphatic rings. The molecule has 104 valence electrons. The predicted molar refractivity (Wildman–Crippen MR) is 79.5 cm³/mol. The second-order valence-corrected chi connectivity index (χ2v) is 5.28. The van der Waals surface area contributed by atoms with Gasteiger partial charge in [0.1, 0.15) is 5.69 Å². The van der Waals surface area contributed by atoms with Crippen LogP contribution in [0.25, 0.3) is 0 Å². The largest absolute Gasteiger partial charge is 0.365 e. The lowest BCUT2D eigenvalue weighted by atomic mass is 10.1. The van der Waals surface area contributed by atoms with Gasteiger partial charge in [-0.2, -0.15) is 11.3 Å². The Bertz CT molecular complexity index is 638. The Morgan fingerprint density at radius 1 is 1.40 bits per heavy atom. The molecule has 2 rings (SSSR count). The van der Waals surface area contributed by atoms with Gasteiger partial charge in [-0.25, -0.2) is 0 Å². The van der Waals surface area contributed by atoms with Gasteiger partial charge in [0, 0.05) is 25.2 Å². The smallest absolute Gasteiger partial charge is 0.293 e. The molecule has 0 radical (unpaired) electrons. The van der Waals surface area contributed by atoms with Gasteiger partial charge >= 0.3 is 0 Å². The molecule has 20 heavy (non-hydrogen) atoms. The fraction of sp³-hybridized carbons (Fsp3) is 0.214. The van der Waals surface area contributed by atoms with Crippen molar-refractivity contribution in [2.24, 2.45) is 0 Å². The van der Waals surface area contributed by atoms with Crippen molar-refractivity contribution in [3.05, 3.63) is 56.3 Å². The maximum atomic E-state index is 11.3. The van der Waals surface area contributed by atoms with Crippen LogP contribution in [0, 0.1) is 10.1 Å². The number of nitro benzene ring substituents is 1. The molecule has 0 bridgehead atoms. The number of nitrogens with zero attached hydrogens (tertiary/aromatic N) is 2. The molecular weight excluding hydrogens is 276 g/mol. The zero-order chi connectivity index (χ0) is 14.7. The minimum absolute atomic E-state index is 0.0459. The van der Waals surface area contributed by atoms with Gasteiger partial charge in [-0.15, -0.1) is 0 Å². The Hall–Kier alpha value is -2.21. The number of hydrogen-bond acceptors (Lipinski definition) is 5. The Labute approximate surface area is 120 Å². The van der Waals surface area contributed by atoms with Crippen LogP contribution >= 0.6 is 11.3 Å². The van der Waals surface area contributed by atoms with Gasteiger partial charge in [0.2, 0.25) is 0 Å². The highest BCUT2D eigenvalue weighted by atomic mass is 32.1. The van der Waals surface area contributed by atoms with Crippen LogP contribution in [0.4, 0.5) is 11.4 Å². The number of nitro groups is 1. The van der Waals surface area contributed by atoms with E-state index in [0.717, 1.165) is 5.56 Å². The van der Waals surface area contributed by atoms with Crippen LogP contribution in [0.3, 0.4) is 0 Å². The average molecular weight is 290 g/mol. The number of carbonyl (C=O) groups excluding carboxylic acids is 1. The standard InChI is InChI=1S/C14H14N2O3S/c1-10(17)12-3-4-13(14(7-12)16(18)19)15(2)8-11-5-6-20-9-11/h3-7,9H,8H2,1-2H3. The molecule has 0 spiro atoms. The Morgan fingerprint density at radius 3 is 2.70 bits per heavy atom. The van der Waals surface area contributed by atoms with Crippen molar-refractivity contribution >= 4 is 28.5 Å². The fourth-order valence-electron chi connectivity index (χ4n) is 1.95. The summed E-state index contributed by atoms with van der Waals surface area (Å²) >= 11 is 1.59. The molecule has 0 unspecified atom stereocenters. The zero-order valence-corrected chi connectivity index (χ0v) is 12.0. The molecular formula is C14H14N2O3S. The average Bonchev–Trinajstić information content (AvgIpc) is 2.90. The lowest BCUT2D eigenvalue weighted by Crippen LogP contribution is -2.17. The van der Waals surface area contributed by atoms with Crippen LogP contribution in [-0.2, 0) is 6.54 Å². The van der Waals surface area contributed by atoms with Gasteiger partial charge in [0.25, 0.3) is 5.69 Å². The number of hydrogen-bond donors (Lipinski definition) is 0. The van der Waals surface area contributed by atoms with Crippen LogP contribution in [0.15, 0.2) is 35.0 Å². The monoisotopic (exact) mass is 290 g/mol. The highest BCUT2D eigenvalue weighted by Crippen LogP contribution is 2.29. The Morgan fingerprint density at radius 2 is 2.15 bits per heavy atom. The summed E-state index contributed by atoms with van der Waals surface area (Å²) < 4.78 is 0. The van der Waals surface area contributed by atoms with Crippen molar-refractivity contribution in [1.29, 1.82) is 0 Å². The van der Waals surface area contributed by atoms with Crippen molar-refractivity contribution in [2.45, 2.75) is 13.5 Å². The first kappa shape index (κ1) is 14.2. The second-order valence-electron chi connectivity index (χ2n) is 4.50. The number of ketones is 1. The van der Waals surface area contributed by atoms with E-state index in [-0.39, 0.29) is 11.5 Å². The summed E-state index contributed by atoms with van der Waals surface area (Å²) in [6, 6.07) is 6.56. The summed E-state index contributed by atoms with van der Waals surface area (Å²) in [5.41, 5.74) is 1.91. The summed E-state index contributed by atoms with van der Waals surface area (Å²) in [4.78, 5) is 23.9. The molecule has 0 saturated heterocycles. The highest BCUT2D eigenvalue weighted by molar-refractivity contribution is 7.07. The van der Waals surface area contributed by atoms with E-state index < -0.39 is 4.92 Å². The number of thiophene rings is 1. The SMILES string of the molecule is CC(=O)c1ccc(N(C)Cc2ccsc2)c([N+](=O)[O-])c1. The summed E-state index contributed by atoms with van der Waals surface area (Å²) in [6.07, 6.45) is 0. The minimum Gasteiger partial charge on any atom is -0.365 e. The maximum absolute atomic E-state index is 11.3. The third-order valence-electron chi connectivity index (χ3n) is 2.99. The summed E-state index contributed by atoms with van der Waals surface area (Å²) in [5, 5.41) is 15.1. The highest BCUT2D eigenvalue weighted by Gasteiger charge is 2.19. The number of Topliss-reactive ketones (excluding diaryl/α,β-unsaturated/α-hetero) is 1. The quantitative estimate of drug-likeness (QED) is 0.480. The van der Waals surface area contributed by atoms with Gasteiger partial charge in [-0.1, -0.05) is 0 Å². The molecule has 5 nitrogen and oxygen atoms in total.